The van der Waals surface area contributed by atoms with Gasteiger partial charge in [0.2, 0.25) is 0 Å². The Morgan fingerprint density at radius 1 is 1.47 bits per heavy atom. The second-order valence-corrected chi connectivity index (χ2v) is 4.01. The van der Waals surface area contributed by atoms with Crippen molar-refractivity contribution in [2.45, 2.75) is 6.54 Å². The first-order valence-corrected chi connectivity index (χ1v) is 5.12. The zero-order chi connectivity index (χ0) is 10.3. The first-order valence-electron chi connectivity index (χ1n) is 5.12. The molecule has 4 nitrogen and oxygen atoms in total. The molecule has 0 unspecified atom stereocenters. The third-order valence-electron chi connectivity index (χ3n) is 2.86. The monoisotopic (exact) mass is 203 g/mol. The van der Waals surface area contributed by atoms with Crippen LogP contribution in [0, 0.1) is 5.92 Å². The number of nitrogen functional groups attached to an aromatic ring is 1. The predicted octanol–water partition coefficient (Wildman–Crippen LogP) is 1.26. The molecule has 1 aliphatic rings. The molecule has 1 fully saturated rings. The van der Waals surface area contributed by atoms with E-state index in [9.17, 15) is 0 Å². The van der Waals surface area contributed by atoms with Gasteiger partial charge in [-0.25, -0.2) is 0 Å². The third kappa shape index (κ3) is 1.37. The molecule has 2 aromatic rings. The fourth-order valence-corrected chi connectivity index (χ4v) is 1.91. The minimum Gasteiger partial charge on any atom is -0.398 e. The lowest BCUT2D eigenvalue weighted by Crippen LogP contribution is -2.31. The van der Waals surface area contributed by atoms with Crippen LogP contribution in [0.15, 0.2) is 24.4 Å². The molecule has 0 radical (unpaired) electrons. The molecule has 15 heavy (non-hydrogen) atoms. The molecule has 1 saturated heterocycles. The average Bonchev–Trinajstić information content (AvgIpc) is 2.56. The van der Waals surface area contributed by atoms with Gasteiger partial charge >= 0.3 is 0 Å². The van der Waals surface area contributed by atoms with Crippen molar-refractivity contribution in [1.29, 1.82) is 0 Å². The van der Waals surface area contributed by atoms with E-state index in [0.717, 1.165) is 36.3 Å². The maximum atomic E-state index is 5.87. The molecule has 78 valence electrons. The zero-order valence-electron chi connectivity index (χ0n) is 8.39. The lowest BCUT2D eigenvalue weighted by Gasteiger charge is -2.25. The van der Waals surface area contributed by atoms with Crippen LogP contribution in [-0.4, -0.2) is 23.0 Å². The number of rotatable bonds is 2. The van der Waals surface area contributed by atoms with Crippen LogP contribution in [0.3, 0.4) is 0 Å². The van der Waals surface area contributed by atoms with Gasteiger partial charge in [-0.1, -0.05) is 6.07 Å². The largest absolute Gasteiger partial charge is 0.398 e. The molecular weight excluding hydrogens is 190 g/mol. The maximum absolute atomic E-state index is 5.87. The molecule has 1 aromatic heterocycles. The fourth-order valence-electron chi connectivity index (χ4n) is 1.91. The normalized spacial score (nSPS) is 16.8. The molecule has 3 rings (SSSR count). The minimum atomic E-state index is 0.606. The first-order chi connectivity index (χ1) is 7.34. The van der Waals surface area contributed by atoms with Crippen molar-refractivity contribution >= 4 is 16.6 Å². The summed E-state index contributed by atoms with van der Waals surface area (Å²) in [5.74, 6) is 0.606. The summed E-state index contributed by atoms with van der Waals surface area (Å²) in [7, 11) is 0. The van der Waals surface area contributed by atoms with Crippen molar-refractivity contribution in [3.05, 3.63) is 24.4 Å². The molecule has 2 N–H and O–H groups in total. The Kier molecular flexibility index (Phi) is 1.89. The van der Waals surface area contributed by atoms with E-state index in [2.05, 4.69) is 11.2 Å². The standard InChI is InChI=1S/C11H13N3O/c12-10-2-1-3-11-9(10)4-13-14(11)5-8-6-15-7-8/h1-4,8H,5-7,12H2. The summed E-state index contributed by atoms with van der Waals surface area (Å²) in [6.07, 6.45) is 1.84. The summed E-state index contributed by atoms with van der Waals surface area (Å²) in [6.45, 7) is 2.63. The van der Waals surface area contributed by atoms with Crippen LogP contribution in [0.5, 0.6) is 0 Å². The van der Waals surface area contributed by atoms with Crippen molar-refractivity contribution in [2.24, 2.45) is 5.92 Å². The van der Waals surface area contributed by atoms with Crippen molar-refractivity contribution in [3.63, 3.8) is 0 Å². The van der Waals surface area contributed by atoms with E-state index >= 15 is 0 Å². The first kappa shape index (κ1) is 8.73. The number of benzene rings is 1. The SMILES string of the molecule is Nc1cccc2c1cnn2CC1COC1. The number of ether oxygens (including phenoxy) is 1. The molecular formula is C11H13N3O. The Labute approximate surface area is 87.6 Å². The van der Waals surface area contributed by atoms with Crippen molar-refractivity contribution in [2.75, 3.05) is 18.9 Å². The van der Waals surface area contributed by atoms with E-state index in [4.69, 9.17) is 10.5 Å². The Morgan fingerprint density at radius 2 is 2.33 bits per heavy atom. The molecule has 0 bridgehead atoms. The number of hydrogen-bond acceptors (Lipinski definition) is 3. The Hall–Kier alpha value is -1.55. The van der Waals surface area contributed by atoms with Crippen molar-refractivity contribution < 1.29 is 4.74 Å². The van der Waals surface area contributed by atoms with Crippen LogP contribution in [0.1, 0.15) is 0 Å². The molecule has 1 aromatic carbocycles. The van der Waals surface area contributed by atoms with Crippen LogP contribution >= 0.6 is 0 Å². The highest BCUT2D eigenvalue weighted by molar-refractivity contribution is 5.90. The van der Waals surface area contributed by atoms with Gasteiger partial charge in [0.25, 0.3) is 0 Å². The molecule has 0 aliphatic carbocycles. The summed E-state index contributed by atoms with van der Waals surface area (Å²) in [6, 6.07) is 5.92. The van der Waals surface area contributed by atoms with Crippen molar-refractivity contribution in [1.82, 2.24) is 9.78 Å². The number of fused-ring (bicyclic) bond motifs is 1. The molecule has 2 heterocycles. The van der Waals surface area contributed by atoms with Crippen LogP contribution < -0.4 is 5.73 Å². The maximum Gasteiger partial charge on any atom is 0.0703 e. The second-order valence-electron chi connectivity index (χ2n) is 4.01. The highest BCUT2D eigenvalue weighted by atomic mass is 16.5. The van der Waals surface area contributed by atoms with E-state index < -0.39 is 0 Å². The topological polar surface area (TPSA) is 53.1 Å². The lowest BCUT2D eigenvalue weighted by molar-refractivity contribution is -0.0403. The number of hydrogen-bond donors (Lipinski definition) is 1. The van der Waals surface area contributed by atoms with Gasteiger partial charge in [-0.15, -0.1) is 0 Å². The zero-order valence-corrected chi connectivity index (χ0v) is 8.39. The summed E-state index contributed by atoms with van der Waals surface area (Å²) in [5.41, 5.74) is 7.78. The summed E-state index contributed by atoms with van der Waals surface area (Å²) >= 11 is 0. The summed E-state index contributed by atoms with van der Waals surface area (Å²) in [4.78, 5) is 0. The van der Waals surface area contributed by atoms with Gasteiger partial charge in [0.15, 0.2) is 0 Å². The van der Waals surface area contributed by atoms with E-state index in [1.165, 1.54) is 0 Å². The number of anilines is 1. The van der Waals surface area contributed by atoms with Gasteiger partial charge in [-0.2, -0.15) is 5.10 Å². The van der Waals surface area contributed by atoms with E-state index in [-0.39, 0.29) is 0 Å². The smallest absolute Gasteiger partial charge is 0.0703 e. The molecule has 1 aliphatic heterocycles. The van der Waals surface area contributed by atoms with Gasteiger partial charge in [-0.3, -0.25) is 4.68 Å². The second kappa shape index (κ2) is 3.24. The summed E-state index contributed by atoms with van der Waals surface area (Å²) in [5, 5.41) is 5.40. The van der Waals surface area contributed by atoms with Crippen LogP contribution in [0.2, 0.25) is 0 Å². The van der Waals surface area contributed by atoms with Gasteiger partial charge < -0.3 is 10.5 Å². The predicted molar refractivity (Wildman–Crippen MR) is 58.5 cm³/mol. The average molecular weight is 203 g/mol. The molecule has 0 spiro atoms. The Bertz CT molecular complexity index is 488. The summed E-state index contributed by atoms with van der Waals surface area (Å²) < 4.78 is 7.17. The van der Waals surface area contributed by atoms with E-state index in [0.29, 0.717) is 5.92 Å². The fraction of sp³-hybridized carbons (Fsp3) is 0.364. The van der Waals surface area contributed by atoms with Crippen molar-refractivity contribution in [3.8, 4) is 0 Å². The Balaban J connectivity index is 2.00. The van der Waals surface area contributed by atoms with E-state index in [1.807, 2.05) is 23.0 Å². The quantitative estimate of drug-likeness (QED) is 0.748. The van der Waals surface area contributed by atoms with Gasteiger partial charge in [-0.05, 0) is 12.1 Å². The highest BCUT2D eigenvalue weighted by Crippen LogP contribution is 2.22. The molecule has 0 atom stereocenters. The number of nitrogens with two attached hydrogens (primary N) is 1. The third-order valence-corrected chi connectivity index (χ3v) is 2.86. The minimum absolute atomic E-state index is 0.606. The van der Waals surface area contributed by atoms with Gasteiger partial charge in [0.1, 0.15) is 0 Å². The highest BCUT2D eigenvalue weighted by Gasteiger charge is 2.20. The number of nitrogens with zero attached hydrogens (tertiary/aromatic N) is 2. The molecule has 0 saturated carbocycles. The van der Waals surface area contributed by atoms with Crippen LogP contribution in [0.25, 0.3) is 10.9 Å². The lowest BCUT2D eigenvalue weighted by atomic mass is 10.1. The van der Waals surface area contributed by atoms with E-state index in [1.54, 1.807) is 0 Å². The van der Waals surface area contributed by atoms with Gasteiger partial charge in [0, 0.05) is 23.5 Å². The Morgan fingerprint density at radius 3 is 3.07 bits per heavy atom. The molecule has 4 heteroatoms. The van der Waals surface area contributed by atoms with Crippen LogP contribution in [-0.2, 0) is 11.3 Å². The molecule has 0 amide bonds. The number of aromatic nitrogens is 2. The van der Waals surface area contributed by atoms with Crippen LogP contribution in [0.4, 0.5) is 5.69 Å². The van der Waals surface area contributed by atoms with Gasteiger partial charge in [0.05, 0.1) is 24.9 Å².